The molecule has 78 valence electrons. The Morgan fingerprint density at radius 2 is 2.21 bits per heavy atom. The minimum absolute atomic E-state index is 0.184. The van der Waals surface area contributed by atoms with Crippen LogP contribution in [0.2, 0.25) is 5.02 Å². The first-order valence-corrected chi connectivity index (χ1v) is 4.70. The van der Waals surface area contributed by atoms with Crippen molar-refractivity contribution in [3.8, 4) is 5.75 Å². The van der Waals surface area contributed by atoms with Crippen LogP contribution in [0.4, 0.5) is 0 Å². The first kappa shape index (κ1) is 11.3. The lowest BCUT2D eigenvalue weighted by Crippen LogP contribution is -2.12. The molecule has 1 rings (SSSR count). The van der Waals surface area contributed by atoms with E-state index in [1.54, 1.807) is 19.2 Å². The zero-order chi connectivity index (χ0) is 10.7. The molecule has 0 fully saturated rings. The molecular formula is C10H14ClNO2. The number of nitrogens with two attached hydrogens (primary N) is 1. The van der Waals surface area contributed by atoms with Crippen LogP contribution in [0.25, 0.3) is 0 Å². The highest BCUT2D eigenvalue weighted by molar-refractivity contribution is 6.32. The first-order chi connectivity index (χ1) is 6.60. The number of rotatable bonds is 3. The molecular weight excluding hydrogens is 202 g/mol. The van der Waals surface area contributed by atoms with Crippen molar-refractivity contribution in [1.29, 1.82) is 0 Å². The Labute approximate surface area is 88.4 Å². The molecule has 0 aliphatic heterocycles. The lowest BCUT2D eigenvalue weighted by atomic mass is 10.0. The standard InChI is InChI=1S/C10H14ClNO2/c1-6-3-10(14-2)8(11)4-7(6)9(13)5-12/h3-4,9,13H,5,12H2,1-2H3. The molecule has 0 bridgehead atoms. The Morgan fingerprint density at radius 1 is 1.57 bits per heavy atom. The second kappa shape index (κ2) is 4.64. The second-order valence-electron chi connectivity index (χ2n) is 3.09. The molecule has 0 saturated heterocycles. The predicted octanol–water partition coefficient (Wildman–Crippen LogP) is 1.65. The molecule has 0 aliphatic carbocycles. The zero-order valence-corrected chi connectivity index (χ0v) is 9.01. The first-order valence-electron chi connectivity index (χ1n) is 4.32. The predicted molar refractivity (Wildman–Crippen MR) is 56.8 cm³/mol. The average Bonchev–Trinajstić information content (AvgIpc) is 2.19. The molecule has 0 spiro atoms. The number of methoxy groups -OCH3 is 1. The molecule has 4 heteroatoms. The van der Waals surface area contributed by atoms with Crippen LogP contribution >= 0.6 is 11.6 Å². The van der Waals surface area contributed by atoms with Crippen molar-refractivity contribution in [2.24, 2.45) is 5.73 Å². The monoisotopic (exact) mass is 215 g/mol. The number of aryl methyl sites for hydroxylation is 1. The number of hydrogen-bond donors (Lipinski definition) is 2. The number of aliphatic hydroxyl groups is 1. The van der Waals surface area contributed by atoms with Crippen molar-refractivity contribution in [3.63, 3.8) is 0 Å². The summed E-state index contributed by atoms with van der Waals surface area (Å²) in [6.07, 6.45) is -0.668. The molecule has 0 aliphatic rings. The molecule has 0 aromatic heterocycles. The van der Waals surface area contributed by atoms with Gasteiger partial charge in [0.05, 0.1) is 18.2 Å². The Morgan fingerprint density at radius 3 is 2.71 bits per heavy atom. The molecule has 1 atom stereocenters. The van der Waals surface area contributed by atoms with E-state index < -0.39 is 6.10 Å². The van der Waals surface area contributed by atoms with E-state index in [1.807, 2.05) is 6.92 Å². The van der Waals surface area contributed by atoms with E-state index in [0.717, 1.165) is 11.1 Å². The van der Waals surface area contributed by atoms with Gasteiger partial charge in [-0.2, -0.15) is 0 Å². The van der Waals surface area contributed by atoms with E-state index in [9.17, 15) is 5.11 Å². The van der Waals surface area contributed by atoms with Gasteiger partial charge in [-0.05, 0) is 30.2 Å². The number of ether oxygens (including phenoxy) is 1. The topological polar surface area (TPSA) is 55.5 Å². The van der Waals surface area contributed by atoms with Gasteiger partial charge in [0, 0.05) is 6.54 Å². The van der Waals surface area contributed by atoms with E-state index in [2.05, 4.69) is 0 Å². The van der Waals surface area contributed by atoms with Gasteiger partial charge in [0.25, 0.3) is 0 Å². The minimum atomic E-state index is -0.668. The van der Waals surface area contributed by atoms with Crippen LogP contribution < -0.4 is 10.5 Å². The quantitative estimate of drug-likeness (QED) is 0.806. The lowest BCUT2D eigenvalue weighted by Gasteiger charge is -2.13. The van der Waals surface area contributed by atoms with Gasteiger partial charge >= 0.3 is 0 Å². The Balaban J connectivity index is 3.14. The normalized spacial score (nSPS) is 12.6. The Bertz CT molecular complexity index is 328. The van der Waals surface area contributed by atoms with E-state index in [4.69, 9.17) is 22.1 Å². The van der Waals surface area contributed by atoms with Crippen molar-refractivity contribution < 1.29 is 9.84 Å². The maximum Gasteiger partial charge on any atom is 0.137 e. The van der Waals surface area contributed by atoms with Crippen molar-refractivity contribution >= 4 is 11.6 Å². The van der Waals surface area contributed by atoms with Crippen LogP contribution in [0, 0.1) is 6.92 Å². The van der Waals surface area contributed by atoms with E-state index in [0.29, 0.717) is 10.8 Å². The maximum absolute atomic E-state index is 9.57. The van der Waals surface area contributed by atoms with E-state index >= 15 is 0 Å². The highest BCUT2D eigenvalue weighted by Crippen LogP contribution is 2.30. The van der Waals surface area contributed by atoms with Gasteiger partial charge < -0.3 is 15.6 Å². The summed E-state index contributed by atoms with van der Waals surface area (Å²) in [7, 11) is 1.56. The smallest absolute Gasteiger partial charge is 0.137 e. The number of aliphatic hydroxyl groups excluding tert-OH is 1. The highest BCUT2D eigenvalue weighted by Gasteiger charge is 2.12. The lowest BCUT2D eigenvalue weighted by molar-refractivity contribution is 0.186. The minimum Gasteiger partial charge on any atom is -0.495 e. The highest BCUT2D eigenvalue weighted by atomic mass is 35.5. The molecule has 0 radical (unpaired) electrons. The van der Waals surface area contributed by atoms with Gasteiger partial charge in [-0.15, -0.1) is 0 Å². The third-order valence-electron chi connectivity index (χ3n) is 2.12. The Kier molecular flexibility index (Phi) is 3.75. The number of hydrogen-bond acceptors (Lipinski definition) is 3. The van der Waals surface area contributed by atoms with E-state index in [-0.39, 0.29) is 6.54 Å². The summed E-state index contributed by atoms with van der Waals surface area (Å²) in [5, 5.41) is 10.1. The second-order valence-corrected chi connectivity index (χ2v) is 3.50. The zero-order valence-electron chi connectivity index (χ0n) is 8.25. The van der Waals surface area contributed by atoms with Crippen LogP contribution in [-0.2, 0) is 0 Å². The van der Waals surface area contributed by atoms with Gasteiger partial charge in [-0.1, -0.05) is 11.6 Å². The van der Waals surface area contributed by atoms with Gasteiger partial charge in [-0.3, -0.25) is 0 Å². The van der Waals surface area contributed by atoms with Gasteiger partial charge in [0.15, 0.2) is 0 Å². The number of benzene rings is 1. The molecule has 0 saturated carbocycles. The fourth-order valence-corrected chi connectivity index (χ4v) is 1.56. The molecule has 1 unspecified atom stereocenters. The molecule has 0 amide bonds. The fraction of sp³-hybridized carbons (Fsp3) is 0.400. The fourth-order valence-electron chi connectivity index (χ4n) is 1.31. The van der Waals surface area contributed by atoms with Crippen LogP contribution in [0.1, 0.15) is 17.2 Å². The van der Waals surface area contributed by atoms with Crippen molar-refractivity contribution in [1.82, 2.24) is 0 Å². The summed E-state index contributed by atoms with van der Waals surface area (Å²) in [5.74, 6) is 0.608. The summed E-state index contributed by atoms with van der Waals surface area (Å²) in [5.41, 5.74) is 7.04. The number of halogens is 1. The molecule has 3 nitrogen and oxygen atoms in total. The molecule has 14 heavy (non-hydrogen) atoms. The summed E-state index contributed by atoms with van der Waals surface area (Å²) in [6.45, 7) is 2.07. The maximum atomic E-state index is 9.57. The SMILES string of the molecule is COc1cc(C)c(C(O)CN)cc1Cl. The van der Waals surface area contributed by atoms with Crippen LogP contribution in [-0.4, -0.2) is 18.8 Å². The van der Waals surface area contributed by atoms with Crippen LogP contribution in [0.3, 0.4) is 0 Å². The van der Waals surface area contributed by atoms with Crippen LogP contribution in [0.15, 0.2) is 12.1 Å². The average molecular weight is 216 g/mol. The van der Waals surface area contributed by atoms with Gasteiger partial charge in [0.1, 0.15) is 5.75 Å². The molecule has 1 aromatic rings. The molecule has 1 aromatic carbocycles. The third kappa shape index (κ3) is 2.18. The van der Waals surface area contributed by atoms with Crippen LogP contribution in [0.5, 0.6) is 5.75 Å². The van der Waals surface area contributed by atoms with Gasteiger partial charge in [-0.25, -0.2) is 0 Å². The van der Waals surface area contributed by atoms with E-state index in [1.165, 1.54) is 0 Å². The summed E-state index contributed by atoms with van der Waals surface area (Å²) in [6, 6.07) is 3.48. The van der Waals surface area contributed by atoms with Crippen molar-refractivity contribution in [2.75, 3.05) is 13.7 Å². The molecule has 3 N–H and O–H groups in total. The summed E-state index contributed by atoms with van der Waals surface area (Å²) < 4.78 is 5.05. The van der Waals surface area contributed by atoms with Crippen molar-refractivity contribution in [3.05, 3.63) is 28.3 Å². The summed E-state index contributed by atoms with van der Waals surface area (Å²) in [4.78, 5) is 0. The molecule has 0 heterocycles. The van der Waals surface area contributed by atoms with Crippen molar-refractivity contribution in [2.45, 2.75) is 13.0 Å². The third-order valence-corrected chi connectivity index (χ3v) is 2.42. The Hall–Kier alpha value is -0.770. The largest absolute Gasteiger partial charge is 0.495 e. The van der Waals surface area contributed by atoms with Gasteiger partial charge in [0.2, 0.25) is 0 Å². The summed E-state index contributed by atoms with van der Waals surface area (Å²) >= 11 is 5.93.